The van der Waals surface area contributed by atoms with Gasteiger partial charge in [-0.1, -0.05) is 23.5 Å². The lowest BCUT2D eigenvalue weighted by molar-refractivity contribution is -0.274. The Balaban J connectivity index is 1.38. The Labute approximate surface area is 255 Å². The van der Waals surface area contributed by atoms with Gasteiger partial charge in [-0.25, -0.2) is 13.4 Å². The van der Waals surface area contributed by atoms with E-state index in [4.69, 9.17) is 11.6 Å². The number of halogens is 6. The maximum Gasteiger partial charge on any atom is 0.573 e. The van der Waals surface area contributed by atoms with Gasteiger partial charge in [-0.3, -0.25) is 4.79 Å². The number of piperazine rings is 1. The van der Waals surface area contributed by atoms with Gasteiger partial charge in [0, 0.05) is 26.2 Å². The average molecular weight is 679 g/mol. The minimum atomic E-state index is -4.87. The summed E-state index contributed by atoms with van der Waals surface area (Å²) in [4.78, 5) is 27.4. The molecular formula is C25H20ClF5N6O5S2. The summed E-state index contributed by atoms with van der Waals surface area (Å²) in [5, 5.41) is 3.07. The molecule has 2 aromatic carbocycles. The maximum absolute atomic E-state index is 13.7. The number of carbonyl (C=O) groups excluding carboxylic acids is 1. The van der Waals surface area contributed by atoms with Crippen molar-refractivity contribution in [2.24, 2.45) is 0 Å². The van der Waals surface area contributed by atoms with Crippen molar-refractivity contribution in [1.82, 2.24) is 24.6 Å². The van der Waals surface area contributed by atoms with Gasteiger partial charge in [0.25, 0.3) is 0 Å². The van der Waals surface area contributed by atoms with E-state index < -0.39 is 40.7 Å². The molecule has 0 bridgehead atoms. The van der Waals surface area contributed by atoms with Crippen molar-refractivity contribution in [2.75, 3.05) is 24.5 Å². The summed E-state index contributed by atoms with van der Waals surface area (Å²) in [7, 11) is -4.32. The number of carbonyl (C=O) groups is 1. The van der Waals surface area contributed by atoms with E-state index in [0.717, 1.165) is 40.7 Å². The number of hydrogen-bond acceptors (Lipinski definition) is 10. The summed E-state index contributed by atoms with van der Waals surface area (Å²) >= 11 is 7.08. The molecule has 1 atom stereocenters. The van der Waals surface area contributed by atoms with Crippen LogP contribution in [0.5, 0.6) is 11.5 Å². The van der Waals surface area contributed by atoms with E-state index in [1.165, 1.54) is 29.7 Å². The number of nitrogens with one attached hydrogen (secondary N) is 1. The summed E-state index contributed by atoms with van der Waals surface area (Å²) in [5.41, 5.74) is 0.747. The smallest absolute Gasteiger partial charge is 0.435 e. The number of sulfonamides is 1. The number of fused-ring (bicyclic) bond motifs is 1. The normalized spacial score (nSPS) is 16.3. The number of aromatic nitrogens is 3. The first-order valence-corrected chi connectivity index (χ1v) is 15.1. The molecule has 1 aliphatic heterocycles. The molecule has 44 heavy (non-hydrogen) atoms. The Bertz CT molecular complexity index is 1740. The molecule has 1 amide bonds. The summed E-state index contributed by atoms with van der Waals surface area (Å²) < 4.78 is 99.6. The maximum atomic E-state index is 13.7. The molecule has 2 aromatic heterocycles. The molecule has 1 saturated heterocycles. The SMILES string of the molecule is O=C(NCc1ccc(OC(F)(F)F)cc1)[C@H]1CN(c2nc3nc(Cl)ncc3s2)CCN1S(=O)(=O)c1ccc(OC(F)F)cc1. The van der Waals surface area contributed by atoms with Crippen molar-refractivity contribution >= 4 is 54.3 Å². The van der Waals surface area contributed by atoms with Gasteiger partial charge in [-0.15, -0.1) is 13.2 Å². The van der Waals surface area contributed by atoms with Crippen LogP contribution >= 0.6 is 22.9 Å². The largest absolute Gasteiger partial charge is 0.573 e. The van der Waals surface area contributed by atoms with Gasteiger partial charge >= 0.3 is 13.0 Å². The zero-order chi connectivity index (χ0) is 31.6. The van der Waals surface area contributed by atoms with Crippen LogP contribution < -0.4 is 19.7 Å². The molecule has 0 spiro atoms. The molecule has 0 unspecified atom stereocenters. The quantitative estimate of drug-likeness (QED) is 0.202. The summed E-state index contributed by atoms with van der Waals surface area (Å²) in [6, 6.07) is 7.84. The van der Waals surface area contributed by atoms with Gasteiger partial charge in [0.1, 0.15) is 17.5 Å². The van der Waals surface area contributed by atoms with Crippen molar-refractivity contribution in [1.29, 1.82) is 0 Å². The summed E-state index contributed by atoms with van der Waals surface area (Å²) in [6.07, 6.45) is -3.38. The molecular weight excluding hydrogens is 659 g/mol. The first-order chi connectivity index (χ1) is 20.8. The van der Waals surface area contributed by atoms with E-state index in [-0.39, 0.29) is 42.1 Å². The number of benzene rings is 2. The van der Waals surface area contributed by atoms with E-state index in [2.05, 4.69) is 29.7 Å². The number of anilines is 1. The van der Waals surface area contributed by atoms with Crippen molar-refractivity contribution in [3.05, 3.63) is 65.6 Å². The number of amides is 1. The molecule has 4 aromatic rings. The molecule has 1 fully saturated rings. The Morgan fingerprint density at radius 2 is 1.75 bits per heavy atom. The molecule has 3 heterocycles. The predicted octanol–water partition coefficient (Wildman–Crippen LogP) is 4.44. The van der Waals surface area contributed by atoms with E-state index >= 15 is 0 Å². The standard InChI is InChI=1S/C25H20ClF5N6O5S2/c26-22-33-12-19-20(34-22)35-24(43-19)36-9-10-37(44(39,40)17-7-5-15(6-8-17)41-23(27)28)18(13-36)21(38)32-11-14-1-3-16(4-2-14)42-25(29,30)31/h1-8,12,18,23H,9-11,13H2,(H,32,38)/t18-/m1/s1. The zero-order valence-electron chi connectivity index (χ0n) is 22.0. The highest BCUT2D eigenvalue weighted by molar-refractivity contribution is 7.89. The number of ether oxygens (including phenoxy) is 2. The highest BCUT2D eigenvalue weighted by atomic mass is 35.5. The lowest BCUT2D eigenvalue weighted by atomic mass is 10.1. The van der Waals surface area contributed by atoms with E-state index in [1.807, 2.05) is 0 Å². The van der Waals surface area contributed by atoms with Crippen molar-refractivity contribution in [3.8, 4) is 11.5 Å². The number of thiazole rings is 1. The Morgan fingerprint density at radius 3 is 2.41 bits per heavy atom. The molecule has 11 nitrogen and oxygen atoms in total. The number of alkyl halides is 5. The van der Waals surface area contributed by atoms with Gasteiger partial charge in [-0.2, -0.15) is 23.1 Å². The third-order valence-electron chi connectivity index (χ3n) is 6.29. The molecule has 0 radical (unpaired) electrons. The van der Waals surface area contributed by atoms with Crippen LogP contribution in [0.3, 0.4) is 0 Å². The number of hydrogen-bond donors (Lipinski definition) is 1. The van der Waals surface area contributed by atoms with Crippen molar-refractivity contribution in [2.45, 2.75) is 30.5 Å². The third kappa shape index (κ3) is 7.43. The topological polar surface area (TPSA) is 127 Å². The molecule has 0 aliphatic carbocycles. The molecule has 0 saturated carbocycles. The molecule has 1 aliphatic rings. The van der Waals surface area contributed by atoms with Crippen LogP contribution in [-0.4, -0.2) is 72.2 Å². The second kappa shape index (κ2) is 12.6. The fraction of sp³-hybridized carbons (Fsp3) is 0.280. The lowest BCUT2D eigenvalue weighted by Gasteiger charge is -2.39. The third-order valence-corrected chi connectivity index (χ3v) is 9.44. The van der Waals surface area contributed by atoms with Crippen molar-refractivity contribution in [3.63, 3.8) is 0 Å². The first-order valence-electron chi connectivity index (χ1n) is 12.5. The van der Waals surface area contributed by atoms with Crippen LogP contribution in [0.1, 0.15) is 5.56 Å². The Kier molecular flexibility index (Phi) is 9.05. The van der Waals surface area contributed by atoms with Crippen molar-refractivity contribution < 1.29 is 44.6 Å². The minimum absolute atomic E-state index is 0.00881. The fourth-order valence-corrected chi connectivity index (χ4v) is 6.94. The van der Waals surface area contributed by atoms with Crippen LogP contribution in [-0.2, 0) is 21.4 Å². The van der Waals surface area contributed by atoms with E-state index in [0.29, 0.717) is 21.0 Å². The molecule has 5 rings (SSSR count). The highest BCUT2D eigenvalue weighted by Crippen LogP contribution is 2.31. The van der Waals surface area contributed by atoms with Gasteiger partial charge in [0.2, 0.25) is 21.2 Å². The predicted molar refractivity (Wildman–Crippen MR) is 148 cm³/mol. The van der Waals surface area contributed by atoms with Gasteiger partial charge in [-0.05, 0) is 53.6 Å². The second-order valence-electron chi connectivity index (χ2n) is 9.16. The Hall–Kier alpha value is -3.87. The average Bonchev–Trinajstić information content (AvgIpc) is 3.39. The monoisotopic (exact) mass is 678 g/mol. The second-order valence-corrected chi connectivity index (χ2v) is 12.4. The minimum Gasteiger partial charge on any atom is -0.435 e. The van der Waals surface area contributed by atoms with E-state index in [1.54, 1.807) is 4.90 Å². The fourth-order valence-electron chi connectivity index (χ4n) is 4.33. The van der Waals surface area contributed by atoms with Gasteiger partial charge < -0.3 is 19.7 Å². The highest BCUT2D eigenvalue weighted by Gasteiger charge is 2.41. The van der Waals surface area contributed by atoms with Crippen LogP contribution in [0.2, 0.25) is 5.28 Å². The first kappa shape index (κ1) is 31.6. The summed E-state index contributed by atoms with van der Waals surface area (Å²) in [6.45, 7) is -3.38. The molecule has 234 valence electrons. The zero-order valence-corrected chi connectivity index (χ0v) is 24.4. The van der Waals surface area contributed by atoms with Crippen LogP contribution in [0.15, 0.2) is 59.6 Å². The summed E-state index contributed by atoms with van der Waals surface area (Å²) in [5.74, 6) is -1.39. The van der Waals surface area contributed by atoms with E-state index in [9.17, 15) is 35.2 Å². The van der Waals surface area contributed by atoms with Crippen LogP contribution in [0.4, 0.5) is 27.1 Å². The Morgan fingerprint density at radius 1 is 1.07 bits per heavy atom. The lowest BCUT2D eigenvalue weighted by Crippen LogP contribution is -2.60. The molecule has 19 heteroatoms. The number of rotatable bonds is 9. The van der Waals surface area contributed by atoms with Crippen LogP contribution in [0, 0.1) is 0 Å². The number of nitrogens with zero attached hydrogens (tertiary/aromatic N) is 5. The van der Waals surface area contributed by atoms with Gasteiger partial charge in [0.15, 0.2) is 10.8 Å². The van der Waals surface area contributed by atoms with Gasteiger partial charge in [0.05, 0.1) is 15.8 Å². The molecule has 1 N–H and O–H groups in total. The van der Waals surface area contributed by atoms with Crippen LogP contribution in [0.25, 0.3) is 10.3 Å².